The SMILES string of the molecule is Cc1c2c(c(CO)c3c1ccc1ccccc13)C=C[C@@H](O)[C@@H]2O. The lowest BCUT2D eigenvalue weighted by atomic mass is 9.81. The molecule has 4 rings (SSSR count). The average Bonchev–Trinajstić information content (AvgIpc) is 2.58. The number of fused-ring (bicyclic) bond motifs is 4. The van der Waals surface area contributed by atoms with Crippen LogP contribution in [0, 0.1) is 6.92 Å². The number of aliphatic hydroxyl groups is 3. The second kappa shape index (κ2) is 5.17. The molecule has 1 aliphatic rings. The van der Waals surface area contributed by atoms with Gasteiger partial charge in [-0.15, -0.1) is 0 Å². The number of aryl methyl sites for hydroxylation is 1. The van der Waals surface area contributed by atoms with Gasteiger partial charge < -0.3 is 15.3 Å². The Labute approximate surface area is 134 Å². The molecule has 2 atom stereocenters. The zero-order chi connectivity index (χ0) is 16.1. The van der Waals surface area contributed by atoms with Gasteiger partial charge in [0, 0.05) is 0 Å². The summed E-state index contributed by atoms with van der Waals surface area (Å²) in [6, 6.07) is 12.2. The molecule has 0 spiro atoms. The molecule has 3 heteroatoms. The van der Waals surface area contributed by atoms with E-state index >= 15 is 0 Å². The van der Waals surface area contributed by atoms with Gasteiger partial charge in [0.25, 0.3) is 0 Å². The van der Waals surface area contributed by atoms with Gasteiger partial charge in [-0.3, -0.25) is 0 Å². The molecule has 0 unspecified atom stereocenters. The second-order valence-corrected chi connectivity index (χ2v) is 6.09. The summed E-state index contributed by atoms with van der Waals surface area (Å²) >= 11 is 0. The van der Waals surface area contributed by atoms with Crippen molar-refractivity contribution in [2.45, 2.75) is 25.7 Å². The van der Waals surface area contributed by atoms with Crippen LogP contribution in [0.25, 0.3) is 27.6 Å². The largest absolute Gasteiger partial charge is 0.392 e. The van der Waals surface area contributed by atoms with Gasteiger partial charge >= 0.3 is 0 Å². The maximum absolute atomic E-state index is 10.4. The molecule has 0 saturated heterocycles. The molecule has 3 nitrogen and oxygen atoms in total. The highest BCUT2D eigenvalue weighted by molar-refractivity contribution is 6.11. The molecule has 0 radical (unpaired) electrons. The van der Waals surface area contributed by atoms with Crippen LogP contribution in [-0.2, 0) is 6.61 Å². The van der Waals surface area contributed by atoms with Crippen molar-refractivity contribution in [2.24, 2.45) is 0 Å². The number of benzene rings is 3. The summed E-state index contributed by atoms with van der Waals surface area (Å²) in [6.45, 7) is 1.85. The van der Waals surface area contributed by atoms with Crippen LogP contribution in [0.4, 0.5) is 0 Å². The molecule has 0 heterocycles. The van der Waals surface area contributed by atoms with E-state index in [1.807, 2.05) is 31.2 Å². The summed E-state index contributed by atoms with van der Waals surface area (Å²) in [6.07, 6.45) is 1.52. The van der Waals surface area contributed by atoms with Crippen LogP contribution < -0.4 is 0 Å². The minimum absolute atomic E-state index is 0.111. The van der Waals surface area contributed by atoms with Crippen molar-refractivity contribution in [3.05, 3.63) is 64.7 Å². The topological polar surface area (TPSA) is 60.7 Å². The van der Waals surface area contributed by atoms with Crippen molar-refractivity contribution in [1.82, 2.24) is 0 Å². The second-order valence-electron chi connectivity index (χ2n) is 6.09. The Bertz CT molecular complexity index is 956. The fourth-order valence-electron chi connectivity index (χ4n) is 3.76. The molecular formula is C20H18O3. The summed E-state index contributed by atoms with van der Waals surface area (Å²) < 4.78 is 0. The van der Waals surface area contributed by atoms with Gasteiger partial charge in [-0.25, -0.2) is 0 Å². The summed E-state index contributed by atoms with van der Waals surface area (Å²) in [7, 11) is 0. The van der Waals surface area contributed by atoms with Crippen molar-refractivity contribution in [3.8, 4) is 0 Å². The molecule has 1 aliphatic carbocycles. The van der Waals surface area contributed by atoms with Crippen molar-refractivity contribution >= 4 is 27.6 Å². The minimum atomic E-state index is -0.962. The first kappa shape index (κ1) is 14.4. The van der Waals surface area contributed by atoms with E-state index in [0.29, 0.717) is 5.56 Å². The summed E-state index contributed by atoms with van der Waals surface area (Å²) in [5, 5.41) is 34.6. The highest BCUT2D eigenvalue weighted by Crippen LogP contribution is 2.41. The van der Waals surface area contributed by atoms with E-state index in [0.717, 1.165) is 38.2 Å². The maximum atomic E-state index is 10.4. The molecule has 3 N–H and O–H groups in total. The molecule has 23 heavy (non-hydrogen) atoms. The molecule has 116 valence electrons. The number of rotatable bonds is 1. The fourth-order valence-corrected chi connectivity index (χ4v) is 3.76. The highest BCUT2D eigenvalue weighted by Gasteiger charge is 2.28. The van der Waals surface area contributed by atoms with Crippen LogP contribution in [0.15, 0.2) is 42.5 Å². The highest BCUT2D eigenvalue weighted by atomic mass is 16.3. The smallest absolute Gasteiger partial charge is 0.109 e. The zero-order valence-corrected chi connectivity index (χ0v) is 12.8. The van der Waals surface area contributed by atoms with Gasteiger partial charge in [0.2, 0.25) is 0 Å². The Balaban J connectivity index is 2.24. The van der Waals surface area contributed by atoms with Crippen molar-refractivity contribution in [2.75, 3.05) is 0 Å². The van der Waals surface area contributed by atoms with Crippen LogP contribution in [0.5, 0.6) is 0 Å². The predicted molar refractivity (Wildman–Crippen MR) is 92.1 cm³/mol. The third-order valence-electron chi connectivity index (χ3n) is 4.89. The van der Waals surface area contributed by atoms with E-state index in [2.05, 4.69) is 18.2 Å². The van der Waals surface area contributed by atoms with E-state index in [4.69, 9.17) is 0 Å². The van der Waals surface area contributed by atoms with Crippen LogP contribution in [0.1, 0.15) is 28.4 Å². The molecule has 0 fully saturated rings. The normalized spacial score (nSPS) is 20.2. The van der Waals surface area contributed by atoms with Gasteiger partial charge in [0.05, 0.1) is 6.61 Å². The van der Waals surface area contributed by atoms with Crippen molar-refractivity contribution < 1.29 is 15.3 Å². The van der Waals surface area contributed by atoms with Crippen molar-refractivity contribution in [1.29, 1.82) is 0 Å². The van der Waals surface area contributed by atoms with Crippen molar-refractivity contribution in [3.63, 3.8) is 0 Å². The molecule has 0 aromatic heterocycles. The molecule has 0 saturated carbocycles. The van der Waals surface area contributed by atoms with Gasteiger partial charge in [-0.05, 0) is 50.7 Å². The summed E-state index contributed by atoms with van der Waals surface area (Å²) in [5.41, 5.74) is 3.30. The number of aliphatic hydroxyl groups excluding tert-OH is 3. The van der Waals surface area contributed by atoms with E-state index < -0.39 is 12.2 Å². The number of hydrogen-bond donors (Lipinski definition) is 3. The molecule has 0 bridgehead atoms. The van der Waals surface area contributed by atoms with E-state index in [1.54, 1.807) is 6.08 Å². The van der Waals surface area contributed by atoms with Gasteiger partial charge in [0.1, 0.15) is 12.2 Å². The fraction of sp³-hybridized carbons (Fsp3) is 0.200. The van der Waals surface area contributed by atoms with Crippen LogP contribution >= 0.6 is 0 Å². The van der Waals surface area contributed by atoms with E-state index in [9.17, 15) is 15.3 Å². The Morgan fingerprint density at radius 2 is 1.78 bits per heavy atom. The van der Waals surface area contributed by atoms with Gasteiger partial charge in [-0.1, -0.05) is 48.6 Å². The molecule has 0 amide bonds. The first-order valence-corrected chi connectivity index (χ1v) is 7.75. The summed E-state index contributed by atoms with van der Waals surface area (Å²) in [4.78, 5) is 0. The quantitative estimate of drug-likeness (QED) is 0.605. The maximum Gasteiger partial charge on any atom is 0.109 e. The van der Waals surface area contributed by atoms with Crippen LogP contribution in [0.3, 0.4) is 0 Å². The lowest BCUT2D eigenvalue weighted by molar-refractivity contribution is 0.0465. The summed E-state index contributed by atoms with van der Waals surface area (Å²) in [5.74, 6) is 0. The van der Waals surface area contributed by atoms with E-state index in [1.165, 1.54) is 0 Å². The molecular weight excluding hydrogens is 288 g/mol. The average molecular weight is 306 g/mol. The molecule has 0 aliphatic heterocycles. The van der Waals surface area contributed by atoms with Gasteiger partial charge in [-0.2, -0.15) is 0 Å². The monoisotopic (exact) mass is 306 g/mol. The van der Waals surface area contributed by atoms with Crippen LogP contribution in [-0.4, -0.2) is 21.4 Å². The van der Waals surface area contributed by atoms with E-state index in [-0.39, 0.29) is 6.61 Å². The minimum Gasteiger partial charge on any atom is -0.392 e. The van der Waals surface area contributed by atoms with Gasteiger partial charge in [0.15, 0.2) is 0 Å². The zero-order valence-electron chi connectivity index (χ0n) is 12.8. The molecule has 3 aromatic carbocycles. The third-order valence-corrected chi connectivity index (χ3v) is 4.89. The molecule has 3 aromatic rings. The predicted octanol–water partition coefficient (Wildman–Crippen LogP) is 3.21. The Hall–Kier alpha value is -2.20. The first-order valence-electron chi connectivity index (χ1n) is 7.75. The standard InChI is InChI=1S/C20H18O3/c1-11-13-7-6-12-4-2-3-5-14(12)19(13)16(10-21)15-8-9-17(22)20(23)18(11)15/h2-9,17,20-23H,10H2,1H3/t17-,20+/m1/s1. The Kier molecular flexibility index (Phi) is 3.23. The Morgan fingerprint density at radius 3 is 2.57 bits per heavy atom. The Morgan fingerprint density at radius 1 is 1.00 bits per heavy atom. The lowest BCUT2D eigenvalue weighted by Crippen LogP contribution is -2.21. The number of hydrogen-bond acceptors (Lipinski definition) is 3. The lowest BCUT2D eigenvalue weighted by Gasteiger charge is -2.27. The third kappa shape index (κ3) is 1.94. The first-order chi connectivity index (χ1) is 11.1. The van der Waals surface area contributed by atoms with Crippen LogP contribution in [0.2, 0.25) is 0 Å².